The minimum atomic E-state index is -0.788. The van der Waals surface area contributed by atoms with Crippen LogP contribution in [0.3, 0.4) is 0 Å². The van der Waals surface area contributed by atoms with Crippen LogP contribution in [0.4, 0.5) is 0 Å². The van der Waals surface area contributed by atoms with Gasteiger partial charge in [-0.2, -0.15) is 0 Å². The van der Waals surface area contributed by atoms with Crippen molar-refractivity contribution in [1.82, 2.24) is 5.32 Å². The third-order valence-corrected chi connectivity index (χ3v) is 2.14. The first-order chi connectivity index (χ1) is 6.73. The molecule has 1 atom stereocenters. The number of carboxylic acid groups (broad SMARTS) is 1. The Morgan fingerprint density at radius 3 is 2.27 bits per heavy atom. The Kier molecular flexibility index (Phi) is 5.33. The Bertz CT molecular complexity index is 230. The summed E-state index contributed by atoms with van der Waals surface area (Å²) in [7, 11) is 0. The molecule has 0 aliphatic carbocycles. The van der Waals surface area contributed by atoms with Gasteiger partial charge in [-0.1, -0.05) is 27.7 Å². The van der Waals surface area contributed by atoms with Gasteiger partial charge in [0.25, 0.3) is 0 Å². The first kappa shape index (κ1) is 13.9. The van der Waals surface area contributed by atoms with Crippen LogP contribution in [-0.4, -0.2) is 23.5 Å². The predicted molar refractivity (Wildman–Crippen MR) is 58.5 cm³/mol. The molecule has 1 unspecified atom stereocenters. The van der Waals surface area contributed by atoms with Crippen LogP contribution in [0.25, 0.3) is 0 Å². The van der Waals surface area contributed by atoms with Gasteiger partial charge in [0.15, 0.2) is 0 Å². The smallest absolute Gasteiger partial charge is 0.303 e. The van der Waals surface area contributed by atoms with Gasteiger partial charge in [0, 0.05) is 18.4 Å². The Labute approximate surface area is 91.1 Å². The van der Waals surface area contributed by atoms with Crippen molar-refractivity contribution in [3.8, 4) is 0 Å². The van der Waals surface area contributed by atoms with Gasteiger partial charge >= 0.3 is 5.97 Å². The van der Waals surface area contributed by atoms with Gasteiger partial charge in [-0.25, -0.2) is 0 Å². The molecule has 0 aromatic carbocycles. The van der Waals surface area contributed by atoms with Crippen LogP contribution in [-0.2, 0) is 9.59 Å². The van der Waals surface area contributed by atoms with Crippen molar-refractivity contribution >= 4 is 11.9 Å². The number of amides is 1. The van der Waals surface area contributed by atoms with Crippen LogP contribution in [0.5, 0.6) is 0 Å². The maximum atomic E-state index is 11.5. The molecule has 88 valence electrons. The summed E-state index contributed by atoms with van der Waals surface area (Å²) in [5.41, 5.74) is -0.382. The minimum Gasteiger partial charge on any atom is -0.481 e. The molecule has 1 amide bonds. The van der Waals surface area contributed by atoms with Crippen LogP contribution < -0.4 is 5.32 Å². The second-order valence-electron chi connectivity index (χ2n) is 5.00. The normalized spacial score (nSPS) is 13.3. The van der Waals surface area contributed by atoms with Gasteiger partial charge in [0.2, 0.25) is 5.91 Å². The molecule has 0 fully saturated rings. The number of carboxylic acids is 1. The summed E-state index contributed by atoms with van der Waals surface area (Å²) < 4.78 is 0. The summed E-state index contributed by atoms with van der Waals surface area (Å²) in [6.07, 6.45) is 0.756. The first-order valence-electron chi connectivity index (χ1n) is 5.23. The van der Waals surface area contributed by atoms with Crippen molar-refractivity contribution in [3.05, 3.63) is 0 Å². The molecule has 0 saturated carbocycles. The van der Waals surface area contributed by atoms with Crippen molar-refractivity contribution in [2.45, 2.75) is 40.5 Å². The number of nitrogens with one attached hydrogen (secondary N) is 1. The molecule has 0 aromatic heterocycles. The lowest BCUT2D eigenvalue weighted by Gasteiger charge is -2.19. The highest BCUT2D eigenvalue weighted by molar-refractivity contribution is 5.81. The topological polar surface area (TPSA) is 66.4 Å². The second kappa shape index (κ2) is 5.73. The molecule has 0 spiro atoms. The maximum absolute atomic E-state index is 11.5. The number of rotatable bonds is 5. The zero-order valence-corrected chi connectivity index (χ0v) is 9.96. The van der Waals surface area contributed by atoms with Crippen LogP contribution in [0, 0.1) is 11.3 Å². The Morgan fingerprint density at radius 1 is 1.33 bits per heavy atom. The van der Waals surface area contributed by atoms with E-state index in [-0.39, 0.29) is 23.7 Å². The summed E-state index contributed by atoms with van der Waals surface area (Å²) in [6.45, 7) is 8.04. The monoisotopic (exact) mass is 215 g/mol. The molecule has 0 rings (SSSR count). The lowest BCUT2D eigenvalue weighted by atomic mass is 9.95. The molecular weight excluding hydrogens is 194 g/mol. The quantitative estimate of drug-likeness (QED) is 0.732. The predicted octanol–water partition coefficient (Wildman–Crippen LogP) is 1.65. The molecule has 15 heavy (non-hydrogen) atoms. The van der Waals surface area contributed by atoms with E-state index in [4.69, 9.17) is 5.11 Å². The SMILES string of the molecule is CC(CCC(=O)O)CNC(=O)C(C)(C)C. The number of carbonyl (C=O) groups is 2. The van der Waals surface area contributed by atoms with Gasteiger partial charge in [-0.3, -0.25) is 9.59 Å². The summed E-state index contributed by atoms with van der Waals surface area (Å²) in [4.78, 5) is 21.8. The average molecular weight is 215 g/mol. The third-order valence-electron chi connectivity index (χ3n) is 2.14. The summed E-state index contributed by atoms with van der Waals surface area (Å²) in [5, 5.41) is 11.3. The number of aliphatic carboxylic acids is 1. The van der Waals surface area contributed by atoms with E-state index in [0.29, 0.717) is 13.0 Å². The van der Waals surface area contributed by atoms with Crippen LogP contribution >= 0.6 is 0 Å². The van der Waals surface area contributed by atoms with Gasteiger partial charge in [0.1, 0.15) is 0 Å². The summed E-state index contributed by atoms with van der Waals surface area (Å²) in [6, 6.07) is 0. The molecule has 2 N–H and O–H groups in total. The van der Waals surface area contributed by atoms with Gasteiger partial charge < -0.3 is 10.4 Å². The third kappa shape index (κ3) is 6.94. The Morgan fingerprint density at radius 2 is 1.87 bits per heavy atom. The highest BCUT2D eigenvalue weighted by Gasteiger charge is 2.21. The second-order valence-corrected chi connectivity index (χ2v) is 5.00. The molecule has 0 aliphatic rings. The van der Waals surface area contributed by atoms with Crippen molar-refractivity contribution in [2.75, 3.05) is 6.54 Å². The van der Waals surface area contributed by atoms with E-state index in [2.05, 4.69) is 5.32 Å². The van der Waals surface area contributed by atoms with Crippen LogP contribution in [0.15, 0.2) is 0 Å². The average Bonchev–Trinajstić information content (AvgIpc) is 2.09. The van der Waals surface area contributed by atoms with Gasteiger partial charge in [0.05, 0.1) is 0 Å². The fourth-order valence-electron chi connectivity index (χ4n) is 1.00. The van der Waals surface area contributed by atoms with E-state index in [1.54, 1.807) is 0 Å². The fourth-order valence-corrected chi connectivity index (χ4v) is 1.00. The molecule has 0 aromatic rings. The highest BCUT2D eigenvalue weighted by atomic mass is 16.4. The van der Waals surface area contributed by atoms with Crippen LogP contribution in [0.2, 0.25) is 0 Å². The lowest BCUT2D eigenvalue weighted by Crippen LogP contribution is -2.37. The van der Waals surface area contributed by atoms with Crippen LogP contribution in [0.1, 0.15) is 40.5 Å². The minimum absolute atomic E-state index is 0.00433. The Hall–Kier alpha value is -1.06. The molecule has 0 radical (unpaired) electrons. The molecular formula is C11H21NO3. The van der Waals surface area contributed by atoms with Crippen molar-refractivity contribution in [1.29, 1.82) is 0 Å². The number of hydrogen-bond acceptors (Lipinski definition) is 2. The number of hydrogen-bond donors (Lipinski definition) is 2. The molecule has 0 saturated heterocycles. The molecule has 0 bridgehead atoms. The largest absolute Gasteiger partial charge is 0.481 e. The fraction of sp³-hybridized carbons (Fsp3) is 0.818. The highest BCUT2D eigenvalue weighted by Crippen LogP contribution is 2.13. The zero-order valence-electron chi connectivity index (χ0n) is 9.96. The van der Waals surface area contributed by atoms with E-state index in [9.17, 15) is 9.59 Å². The van der Waals surface area contributed by atoms with Crippen molar-refractivity contribution < 1.29 is 14.7 Å². The van der Waals surface area contributed by atoms with Gasteiger partial charge in [-0.05, 0) is 12.3 Å². The molecule has 0 heterocycles. The van der Waals surface area contributed by atoms with E-state index in [1.807, 2.05) is 27.7 Å². The van der Waals surface area contributed by atoms with Crippen molar-refractivity contribution in [2.24, 2.45) is 11.3 Å². The summed E-state index contributed by atoms with van der Waals surface area (Å²) in [5.74, 6) is -0.582. The zero-order chi connectivity index (χ0) is 12.1. The van der Waals surface area contributed by atoms with Gasteiger partial charge in [-0.15, -0.1) is 0 Å². The summed E-state index contributed by atoms with van der Waals surface area (Å²) >= 11 is 0. The van der Waals surface area contributed by atoms with E-state index >= 15 is 0 Å². The molecule has 0 aliphatic heterocycles. The molecule has 4 nitrogen and oxygen atoms in total. The lowest BCUT2D eigenvalue weighted by molar-refractivity contribution is -0.137. The Balaban J connectivity index is 3.76. The number of carbonyl (C=O) groups excluding carboxylic acids is 1. The van der Waals surface area contributed by atoms with E-state index < -0.39 is 5.97 Å². The standard InChI is InChI=1S/C11H21NO3/c1-8(5-6-9(13)14)7-12-10(15)11(2,3)4/h8H,5-7H2,1-4H3,(H,12,15)(H,13,14). The van der Waals surface area contributed by atoms with E-state index in [0.717, 1.165) is 0 Å². The van der Waals surface area contributed by atoms with E-state index in [1.165, 1.54) is 0 Å². The first-order valence-corrected chi connectivity index (χ1v) is 5.23. The maximum Gasteiger partial charge on any atom is 0.303 e. The van der Waals surface area contributed by atoms with Crippen molar-refractivity contribution in [3.63, 3.8) is 0 Å². The molecule has 4 heteroatoms.